The third-order valence-electron chi connectivity index (χ3n) is 2.38. The van der Waals surface area contributed by atoms with Gasteiger partial charge in [0, 0.05) is 17.1 Å². The summed E-state index contributed by atoms with van der Waals surface area (Å²) in [5.41, 5.74) is 7.81. The number of nitrogens with two attached hydrogens (primary N) is 1. The number of benzene rings is 1. The first kappa shape index (κ1) is 9.09. The zero-order chi connectivity index (χ0) is 9.97. The molecule has 0 bridgehead atoms. The molecule has 0 aliphatic heterocycles. The van der Waals surface area contributed by atoms with Crippen LogP contribution in [-0.4, -0.2) is 18.6 Å². The summed E-state index contributed by atoms with van der Waals surface area (Å²) in [6.07, 6.45) is 2.77. The molecule has 0 unspecified atom stereocenters. The Kier molecular flexibility index (Phi) is 2.41. The Morgan fingerprint density at radius 3 is 2.93 bits per heavy atom. The molecule has 1 aromatic heterocycles. The number of nitrogens with one attached hydrogen (secondary N) is 1. The summed E-state index contributed by atoms with van der Waals surface area (Å²) >= 11 is 0. The normalized spacial score (nSPS) is 10.7. The fraction of sp³-hybridized carbons (Fsp3) is 0.273. The van der Waals surface area contributed by atoms with Crippen molar-refractivity contribution in [3.05, 3.63) is 30.0 Å². The largest absolute Gasteiger partial charge is 0.496 e. The van der Waals surface area contributed by atoms with Gasteiger partial charge in [-0.05, 0) is 30.7 Å². The molecule has 3 N–H and O–H groups in total. The van der Waals surface area contributed by atoms with E-state index in [1.165, 1.54) is 5.56 Å². The number of rotatable bonds is 3. The van der Waals surface area contributed by atoms with Crippen LogP contribution in [0.2, 0.25) is 0 Å². The maximum atomic E-state index is 5.54. The van der Waals surface area contributed by atoms with E-state index in [-0.39, 0.29) is 0 Å². The molecule has 2 aromatic rings. The van der Waals surface area contributed by atoms with Gasteiger partial charge in [0.2, 0.25) is 0 Å². The van der Waals surface area contributed by atoms with Gasteiger partial charge in [0.05, 0.1) is 7.11 Å². The molecule has 74 valence electrons. The van der Waals surface area contributed by atoms with E-state index >= 15 is 0 Å². The SMILES string of the molecule is COc1c(CCN)ccc2[nH]ccc12. The van der Waals surface area contributed by atoms with E-state index in [2.05, 4.69) is 17.1 Å². The molecular weight excluding hydrogens is 176 g/mol. The van der Waals surface area contributed by atoms with Crippen LogP contribution in [0.1, 0.15) is 5.56 Å². The van der Waals surface area contributed by atoms with E-state index in [4.69, 9.17) is 10.5 Å². The van der Waals surface area contributed by atoms with Gasteiger partial charge in [0.1, 0.15) is 5.75 Å². The lowest BCUT2D eigenvalue weighted by Gasteiger charge is -2.08. The molecule has 1 heterocycles. The summed E-state index contributed by atoms with van der Waals surface area (Å²) in [5.74, 6) is 0.939. The fourth-order valence-electron chi connectivity index (χ4n) is 1.74. The number of hydrogen-bond donors (Lipinski definition) is 2. The average molecular weight is 190 g/mol. The van der Waals surface area contributed by atoms with Crippen LogP contribution in [0, 0.1) is 0 Å². The summed E-state index contributed by atoms with van der Waals surface area (Å²) in [6.45, 7) is 0.645. The summed E-state index contributed by atoms with van der Waals surface area (Å²) in [4.78, 5) is 3.15. The minimum Gasteiger partial charge on any atom is -0.496 e. The standard InChI is InChI=1S/C11H14N2O/c1-14-11-8(4-6-12)2-3-10-9(11)5-7-13-10/h2-3,5,7,13H,4,6,12H2,1H3. The third-order valence-corrected chi connectivity index (χ3v) is 2.38. The molecule has 1 aromatic carbocycles. The van der Waals surface area contributed by atoms with Gasteiger partial charge in [-0.15, -0.1) is 0 Å². The van der Waals surface area contributed by atoms with E-state index in [0.29, 0.717) is 6.54 Å². The molecule has 3 nitrogen and oxygen atoms in total. The van der Waals surface area contributed by atoms with Crippen molar-refractivity contribution in [1.29, 1.82) is 0 Å². The van der Waals surface area contributed by atoms with Crippen molar-refractivity contribution in [3.63, 3.8) is 0 Å². The molecule has 0 aliphatic rings. The molecule has 0 saturated heterocycles. The van der Waals surface area contributed by atoms with Crippen LogP contribution in [0.15, 0.2) is 24.4 Å². The van der Waals surface area contributed by atoms with Crippen LogP contribution >= 0.6 is 0 Å². The predicted molar refractivity (Wildman–Crippen MR) is 57.6 cm³/mol. The molecule has 0 amide bonds. The van der Waals surface area contributed by atoms with Crippen LogP contribution < -0.4 is 10.5 Å². The van der Waals surface area contributed by atoms with Crippen LogP contribution in [0.5, 0.6) is 5.75 Å². The number of H-pyrrole nitrogens is 1. The van der Waals surface area contributed by atoms with Gasteiger partial charge in [0.25, 0.3) is 0 Å². The maximum absolute atomic E-state index is 5.54. The van der Waals surface area contributed by atoms with Crippen LogP contribution in [-0.2, 0) is 6.42 Å². The monoisotopic (exact) mass is 190 g/mol. The molecule has 0 fully saturated rings. The quantitative estimate of drug-likeness (QED) is 0.773. The number of ether oxygens (including phenoxy) is 1. The van der Waals surface area contributed by atoms with E-state index in [0.717, 1.165) is 23.1 Å². The topological polar surface area (TPSA) is 51.0 Å². The Balaban J connectivity index is 2.60. The van der Waals surface area contributed by atoms with Crippen LogP contribution in [0.3, 0.4) is 0 Å². The van der Waals surface area contributed by atoms with Crippen molar-refractivity contribution < 1.29 is 4.74 Å². The van der Waals surface area contributed by atoms with Gasteiger partial charge in [-0.3, -0.25) is 0 Å². The van der Waals surface area contributed by atoms with Crippen LogP contribution in [0.25, 0.3) is 10.9 Å². The van der Waals surface area contributed by atoms with Crippen molar-refractivity contribution in [2.75, 3.05) is 13.7 Å². The second-order valence-corrected chi connectivity index (χ2v) is 3.24. The van der Waals surface area contributed by atoms with E-state index in [1.807, 2.05) is 12.3 Å². The summed E-state index contributed by atoms with van der Waals surface area (Å²) < 4.78 is 5.39. The lowest BCUT2D eigenvalue weighted by molar-refractivity contribution is 0.415. The van der Waals surface area contributed by atoms with Gasteiger partial charge in [-0.25, -0.2) is 0 Å². The second kappa shape index (κ2) is 3.72. The predicted octanol–water partition coefficient (Wildman–Crippen LogP) is 1.68. The first-order valence-electron chi connectivity index (χ1n) is 4.70. The van der Waals surface area contributed by atoms with Gasteiger partial charge in [-0.2, -0.15) is 0 Å². The highest BCUT2D eigenvalue weighted by molar-refractivity contribution is 5.87. The van der Waals surface area contributed by atoms with E-state index in [1.54, 1.807) is 7.11 Å². The van der Waals surface area contributed by atoms with Crippen molar-refractivity contribution in [3.8, 4) is 5.75 Å². The highest BCUT2D eigenvalue weighted by atomic mass is 16.5. The van der Waals surface area contributed by atoms with Crippen molar-refractivity contribution >= 4 is 10.9 Å². The van der Waals surface area contributed by atoms with Crippen molar-refractivity contribution in [2.24, 2.45) is 5.73 Å². The molecule has 3 heteroatoms. The number of methoxy groups -OCH3 is 1. The zero-order valence-electron chi connectivity index (χ0n) is 8.21. The molecule has 14 heavy (non-hydrogen) atoms. The van der Waals surface area contributed by atoms with E-state index in [9.17, 15) is 0 Å². The minimum atomic E-state index is 0.645. The molecule has 0 saturated carbocycles. The fourth-order valence-corrected chi connectivity index (χ4v) is 1.74. The summed E-state index contributed by atoms with van der Waals surface area (Å²) in [7, 11) is 1.70. The molecule has 0 aliphatic carbocycles. The Morgan fingerprint density at radius 1 is 1.36 bits per heavy atom. The highest BCUT2D eigenvalue weighted by Gasteiger charge is 2.07. The van der Waals surface area contributed by atoms with Gasteiger partial charge >= 0.3 is 0 Å². The Hall–Kier alpha value is -1.48. The lowest BCUT2D eigenvalue weighted by atomic mass is 10.1. The first-order valence-corrected chi connectivity index (χ1v) is 4.70. The lowest BCUT2D eigenvalue weighted by Crippen LogP contribution is -2.04. The highest BCUT2D eigenvalue weighted by Crippen LogP contribution is 2.29. The molecule has 0 radical (unpaired) electrons. The molecular formula is C11H14N2O. The number of aromatic nitrogens is 1. The molecule has 0 atom stereocenters. The van der Waals surface area contributed by atoms with Crippen molar-refractivity contribution in [1.82, 2.24) is 4.98 Å². The van der Waals surface area contributed by atoms with Crippen LogP contribution in [0.4, 0.5) is 0 Å². The zero-order valence-corrected chi connectivity index (χ0v) is 8.21. The maximum Gasteiger partial charge on any atom is 0.131 e. The molecule has 0 spiro atoms. The minimum absolute atomic E-state index is 0.645. The first-order chi connectivity index (χ1) is 6.86. The Bertz CT molecular complexity index is 434. The summed E-state index contributed by atoms with van der Waals surface area (Å²) in [6, 6.07) is 6.14. The third kappa shape index (κ3) is 1.36. The van der Waals surface area contributed by atoms with Gasteiger partial charge in [-0.1, -0.05) is 6.07 Å². The Morgan fingerprint density at radius 2 is 2.21 bits per heavy atom. The van der Waals surface area contributed by atoms with Gasteiger partial charge < -0.3 is 15.5 Å². The van der Waals surface area contributed by atoms with Crippen molar-refractivity contribution in [2.45, 2.75) is 6.42 Å². The van der Waals surface area contributed by atoms with E-state index < -0.39 is 0 Å². The Labute approximate surface area is 82.9 Å². The smallest absolute Gasteiger partial charge is 0.131 e. The number of aromatic amines is 1. The average Bonchev–Trinajstić information content (AvgIpc) is 2.66. The number of hydrogen-bond acceptors (Lipinski definition) is 2. The van der Waals surface area contributed by atoms with Gasteiger partial charge in [0.15, 0.2) is 0 Å². The second-order valence-electron chi connectivity index (χ2n) is 3.24. The molecule has 2 rings (SSSR count). The number of fused-ring (bicyclic) bond motifs is 1. The summed E-state index contributed by atoms with van der Waals surface area (Å²) in [5, 5.41) is 1.12.